The van der Waals surface area contributed by atoms with E-state index in [4.69, 9.17) is 5.10 Å². The number of nitriles is 1. The highest BCUT2D eigenvalue weighted by Gasteiger charge is 2.28. The van der Waals surface area contributed by atoms with Gasteiger partial charge in [-0.15, -0.1) is 0 Å². The molecule has 4 rings (SSSR count). The fraction of sp³-hybridized carbons (Fsp3) is 0.444. The monoisotopic (exact) mass is 322 g/mol. The van der Waals surface area contributed by atoms with E-state index in [1.165, 1.54) is 25.7 Å². The summed E-state index contributed by atoms with van der Waals surface area (Å²) in [6, 6.07) is 4.50. The van der Waals surface area contributed by atoms with Crippen molar-refractivity contribution >= 4 is 11.0 Å². The highest BCUT2D eigenvalue weighted by molar-refractivity contribution is 5.90. The lowest BCUT2D eigenvalue weighted by Crippen LogP contribution is -2.17. The second-order valence-corrected chi connectivity index (χ2v) is 6.54. The number of nitrogens with one attached hydrogen (secondary N) is 1. The van der Waals surface area contributed by atoms with E-state index in [2.05, 4.69) is 27.2 Å². The van der Waals surface area contributed by atoms with E-state index in [9.17, 15) is 5.26 Å². The topological polar surface area (TPSA) is 83.2 Å². The van der Waals surface area contributed by atoms with Gasteiger partial charge in [0.25, 0.3) is 0 Å². The Labute approximate surface area is 142 Å². The van der Waals surface area contributed by atoms with Crippen molar-refractivity contribution in [2.24, 2.45) is 5.92 Å². The lowest BCUT2D eigenvalue weighted by atomic mass is 9.96. The number of fused-ring (bicyclic) bond motifs is 1. The summed E-state index contributed by atoms with van der Waals surface area (Å²) in [5.41, 5.74) is 3.68. The molecule has 0 radical (unpaired) electrons. The molecule has 3 aromatic rings. The Hall–Kier alpha value is -2.68. The Morgan fingerprint density at radius 2 is 2.25 bits per heavy atom. The van der Waals surface area contributed by atoms with Crippen LogP contribution in [-0.2, 0) is 0 Å². The predicted octanol–water partition coefficient (Wildman–Crippen LogP) is 4.02. The molecule has 0 saturated heterocycles. The Bertz CT molecular complexity index is 900. The zero-order chi connectivity index (χ0) is 16.5. The molecule has 1 atom stereocenters. The van der Waals surface area contributed by atoms with Gasteiger partial charge in [-0.05, 0) is 31.7 Å². The zero-order valence-corrected chi connectivity index (χ0v) is 13.7. The number of rotatable bonds is 4. The predicted molar refractivity (Wildman–Crippen MR) is 93.2 cm³/mol. The SMILES string of the molecule is Cc1nn([C@@H](CC#N)C2CCCC2)cc1-c1ncnc2[nH]ccc12.[HH]. The highest BCUT2D eigenvalue weighted by Crippen LogP contribution is 2.37. The summed E-state index contributed by atoms with van der Waals surface area (Å²) in [5, 5.41) is 15.0. The molecule has 1 aliphatic carbocycles. The number of H-pyrrole nitrogens is 1. The zero-order valence-electron chi connectivity index (χ0n) is 13.7. The first-order valence-electron chi connectivity index (χ1n) is 8.49. The molecule has 3 heterocycles. The van der Waals surface area contributed by atoms with Gasteiger partial charge in [0.05, 0.1) is 29.9 Å². The molecule has 6 nitrogen and oxygen atoms in total. The third-order valence-corrected chi connectivity index (χ3v) is 5.11. The summed E-state index contributed by atoms with van der Waals surface area (Å²) in [6.45, 7) is 2.00. The van der Waals surface area contributed by atoms with E-state index in [1.54, 1.807) is 6.33 Å². The van der Waals surface area contributed by atoms with Crippen LogP contribution >= 0.6 is 0 Å². The van der Waals surface area contributed by atoms with Crippen LogP contribution in [0, 0.1) is 24.2 Å². The van der Waals surface area contributed by atoms with Crippen LogP contribution in [0.4, 0.5) is 0 Å². The van der Waals surface area contributed by atoms with E-state index in [0.717, 1.165) is 28.0 Å². The van der Waals surface area contributed by atoms with Crippen molar-refractivity contribution in [1.82, 2.24) is 24.7 Å². The Morgan fingerprint density at radius 3 is 3.04 bits per heavy atom. The number of hydrogen-bond donors (Lipinski definition) is 1. The molecule has 1 aliphatic rings. The van der Waals surface area contributed by atoms with E-state index >= 15 is 0 Å². The smallest absolute Gasteiger partial charge is 0.141 e. The summed E-state index contributed by atoms with van der Waals surface area (Å²) >= 11 is 0. The molecule has 0 unspecified atom stereocenters. The van der Waals surface area contributed by atoms with Crippen LogP contribution in [0.2, 0.25) is 0 Å². The molecule has 0 bridgehead atoms. The van der Waals surface area contributed by atoms with Gasteiger partial charge in [-0.25, -0.2) is 9.97 Å². The fourth-order valence-corrected chi connectivity index (χ4v) is 3.88. The van der Waals surface area contributed by atoms with Gasteiger partial charge >= 0.3 is 0 Å². The van der Waals surface area contributed by atoms with Crippen molar-refractivity contribution < 1.29 is 1.43 Å². The molecule has 0 aromatic carbocycles. The maximum absolute atomic E-state index is 9.25. The number of hydrogen-bond acceptors (Lipinski definition) is 4. The average Bonchev–Trinajstić information content (AvgIpc) is 3.32. The van der Waals surface area contributed by atoms with E-state index in [0.29, 0.717) is 12.3 Å². The van der Waals surface area contributed by atoms with E-state index in [1.807, 2.05) is 23.9 Å². The van der Waals surface area contributed by atoms with Gasteiger partial charge in [0.2, 0.25) is 0 Å². The summed E-state index contributed by atoms with van der Waals surface area (Å²) in [5.74, 6) is 0.550. The van der Waals surface area contributed by atoms with Crippen LogP contribution < -0.4 is 0 Å². The second kappa shape index (κ2) is 6.08. The van der Waals surface area contributed by atoms with Crippen LogP contribution in [0.1, 0.15) is 45.3 Å². The molecule has 6 heteroatoms. The molecule has 0 spiro atoms. The van der Waals surface area contributed by atoms with Crippen molar-refractivity contribution in [2.45, 2.75) is 45.1 Å². The Kier molecular flexibility index (Phi) is 3.77. The third-order valence-electron chi connectivity index (χ3n) is 5.11. The summed E-state index contributed by atoms with van der Waals surface area (Å²) in [7, 11) is 0. The van der Waals surface area contributed by atoms with Gasteiger partial charge in [-0.1, -0.05) is 12.8 Å². The maximum atomic E-state index is 9.25. The van der Waals surface area contributed by atoms with Gasteiger partial charge in [0.1, 0.15) is 12.0 Å². The molecule has 1 fully saturated rings. The first-order chi connectivity index (χ1) is 11.8. The molecule has 0 amide bonds. The van der Waals surface area contributed by atoms with Gasteiger partial charge in [0.15, 0.2) is 0 Å². The van der Waals surface area contributed by atoms with Gasteiger partial charge in [-0.3, -0.25) is 4.68 Å². The quantitative estimate of drug-likeness (QED) is 0.786. The first-order valence-corrected chi connectivity index (χ1v) is 8.49. The molecular weight excluding hydrogens is 300 g/mol. The minimum Gasteiger partial charge on any atom is -0.346 e. The van der Waals surface area contributed by atoms with Crippen LogP contribution in [0.5, 0.6) is 0 Å². The number of nitrogens with zero attached hydrogens (tertiary/aromatic N) is 5. The fourth-order valence-electron chi connectivity index (χ4n) is 3.88. The molecule has 124 valence electrons. The van der Waals surface area contributed by atoms with Crippen LogP contribution in [0.25, 0.3) is 22.3 Å². The average molecular weight is 322 g/mol. The molecule has 1 N–H and O–H groups in total. The molecule has 3 aromatic heterocycles. The van der Waals surface area contributed by atoms with Crippen molar-refractivity contribution in [3.05, 3.63) is 30.5 Å². The van der Waals surface area contributed by atoms with Gasteiger partial charge in [0, 0.05) is 24.8 Å². The van der Waals surface area contributed by atoms with Crippen molar-refractivity contribution in [3.63, 3.8) is 0 Å². The first kappa shape index (κ1) is 14.9. The molecule has 24 heavy (non-hydrogen) atoms. The summed E-state index contributed by atoms with van der Waals surface area (Å²) in [4.78, 5) is 11.9. The minimum absolute atomic E-state index is 0. The standard InChI is InChI=1S/C18H20N6.H2/c1-12-15(17-14-7-9-20-18(14)22-11-21-17)10-24(23-12)16(6-8-19)13-4-2-3-5-13;/h7,9-11,13,16H,2-6H2,1H3,(H,20,21,22);1H/t16-;/m0./s1. The van der Waals surface area contributed by atoms with Crippen LogP contribution in [0.3, 0.4) is 0 Å². The van der Waals surface area contributed by atoms with Crippen molar-refractivity contribution in [2.75, 3.05) is 0 Å². The lowest BCUT2D eigenvalue weighted by Gasteiger charge is -2.21. The Morgan fingerprint density at radius 1 is 1.42 bits per heavy atom. The largest absolute Gasteiger partial charge is 0.346 e. The van der Waals surface area contributed by atoms with E-state index < -0.39 is 0 Å². The molecular formula is C18H22N6. The van der Waals surface area contributed by atoms with Crippen LogP contribution in [-0.4, -0.2) is 24.7 Å². The third kappa shape index (κ3) is 2.46. The molecule has 1 saturated carbocycles. The Balaban J connectivity index is 0.00000182. The lowest BCUT2D eigenvalue weighted by molar-refractivity contribution is 0.314. The van der Waals surface area contributed by atoms with Gasteiger partial charge < -0.3 is 4.98 Å². The van der Waals surface area contributed by atoms with Crippen molar-refractivity contribution in [1.29, 1.82) is 5.26 Å². The van der Waals surface area contributed by atoms with E-state index in [-0.39, 0.29) is 7.47 Å². The summed E-state index contributed by atoms with van der Waals surface area (Å²) < 4.78 is 2.00. The van der Waals surface area contributed by atoms with Crippen LogP contribution in [0.15, 0.2) is 24.8 Å². The normalized spacial score (nSPS) is 16.5. The van der Waals surface area contributed by atoms with Gasteiger partial charge in [-0.2, -0.15) is 10.4 Å². The minimum atomic E-state index is 0. The maximum Gasteiger partial charge on any atom is 0.141 e. The number of aromatic nitrogens is 5. The number of aryl methyl sites for hydroxylation is 1. The second-order valence-electron chi connectivity index (χ2n) is 6.54. The van der Waals surface area contributed by atoms with Crippen molar-refractivity contribution in [3.8, 4) is 17.3 Å². The molecule has 0 aliphatic heterocycles. The highest BCUT2D eigenvalue weighted by atomic mass is 15.3. The summed E-state index contributed by atoms with van der Waals surface area (Å²) in [6.07, 6.45) is 10.9. The number of aromatic amines is 1.